The van der Waals surface area contributed by atoms with Gasteiger partial charge in [-0.15, -0.1) is 15.3 Å². The van der Waals surface area contributed by atoms with Gasteiger partial charge in [-0.25, -0.2) is 75.9 Å². The second kappa shape index (κ2) is 34.2. The summed E-state index contributed by atoms with van der Waals surface area (Å²) in [5.74, 6) is 0. The highest BCUT2D eigenvalue weighted by molar-refractivity contribution is 9.09. The quantitative estimate of drug-likeness (QED) is 0.0474. The maximum atomic E-state index is 12.6. The first-order valence-corrected chi connectivity index (χ1v) is 32.4. The summed E-state index contributed by atoms with van der Waals surface area (Å²) in [6, 6.07) is 47.1. The van der Waals surface area contributed by atoms with Crippen molar-refractivity contribution in [2.24, 2.45) is 0 Å². The van der Waals surface area contributed by atoms with Gasteiger partial charge in [-0.1, -0.05) is 135 Å². The van der Waals surface area contributed by atoms with Gasteiger partial charge in [0.25, 0.3) is 0 Å². The number of benzene rings is 4. The molecule has 10 aromatic heterocycles. The maximum Gasteiger partial charge on any atom is 0.419 e. The average Bonchev–Trinajstić information content (AvgIpc) is 1.65. The summed E-state index contributed by atoms with van der Waals surface area (Å²) in [6.45, 7) is 8.63. The predicted octanol–water partition coefficient (Wildman–Crippen LogP) is 10.8. The van der Waals surface area contributed by atoms with E-state index in [4.69, 9.17) is 31.7 Å². The van der Waals surface area contributed by atoms with Crippen molar-refractivity contribution in [3.63, 3.8) is 0 Å². The fourth-order valence-electron chi connectivity index (χ4n) is 9.47. The number of aliphatic hydroxyl groups is 3. The number of fused-ring (bicyclic) bond motifs is 4. The lowest BCUT2D eigenvalue weighted by Crippen LogP contribution is -2.24. The molecule has 0 saturated heterocycles. The van der Waals surface area contributed by atoms with E-state index >= 15 is 0 Å². The standard InChI is InChI=1S/C20H16F3N5O2.2C15H15N3O2.C13H11N3O.C5H2ClF3N2.C2H5BrO/c1-13-2-4-14(5-3-13)15-6-7-17-26-28(19(29)27(17)12-15)8-9-30-18-24-10-16(11-25-18)20(21,22)23;2*1-11-2-4-12(5-3-11)13-6-7-14-16-18(8-9-19)15(20)17(14)10-13;1-9-2-4-10(5-3-9)11-6-7-12-14-15-13(17)16(12)8-11;6-4-10-1-3(2-11-4)5(7,8)9;3-1-2-4/h2-7,10-12H,8-9H2,1H3;2*2-7,10,19H,8-9H2,1H3;2-8H,1H3,(H,15,17);1-2H;4H,1-2H2. The summed E-state index contributed by atoms with van der Waals surface area (Å²) in [7, 11) is 0. The van der Waals surface area contributed by atoms with Crippen LogP contribution in [0.15, 0.2) is 214 Å². The third kappa shape index (κ3) is 19.6. The van der Waals surface area contributed by atoms with E-state index in [2.05, 4.69) is 73.5 Å². The number of aliphatic hydroxyl groups excluding tert-OH is 3. The minimum absolute atomic E-state index is 0.0278. The zero-order valence-corrected chi connectivity index (χ0v) is 57.1. The van der Waals surface area contributed by atoms with Gasteiger partial charge in [0.2, 0.25) is 5.28 Å². The highest BCUT2D eigenvalue weighted by atomic mass is 79.9. The van der Waals surface area contributed by atoms with Gasteiger partial charge in [0.05, 0.1) is 50.6 Å². The van der Waals surface area contributed by atoms with E-state index < -0.39 is 23.5 Å². The molecule has 102 heavy (non-hydrogen) atoms. The van der Waals surface area contributed by atoms with Crippen LogP contribution in [0, 0.1) is 27.7 Å². The van der Waals surface area contributed by atoms with Crippen molar-refractivity contribution in [2.75, 3.05) is 31.8 Å². The number of rotatable bonds is 13. The summed E-state index contributed by atoms with van der Waals surface area (Å²) >= 11 is 8.17. The molecule has 0 aliphatic carbocycles. The lowest BCUT2D eigenvalue weighted by Gasteiger charge is -2.06. The summed E-state index contributed by atoms with van der Waals surface area (Å²) in [4.78, 5) is 61.7. The van der Waals surface area contributed by atoms with E-state index in [0.717, 1.165) is 50.1 Å². The number of ether oxygens (including phenoxy) is 1. The Hall–Kier alpha value is -11.3. The molecule has 0 spiro atoms. The SMILES string of the molecule is Cc1ccc(-c2ccc3n[nH]c(=O)n3c2)cc1.Cc1ccc(-c2ccc3nn(CCO)c(=O)n3c2)cc1.Cc1ccc(-c2ccc3nn(CCO)c(=O)n3c2)cc1.Cc1ccc(-c2ccc3nn(CCOc4ncc(C(F)(F)F)cn4)c(=O)n3c2)cc1.FC(F)(F)c1cnc(Cl)nc1.OCCBr. The van der Waals surface area contributed by atoms with Crippen LogP contribution < -0.4 is 27.5 Å². The predicted molar refractivity (Wildman–Crippen MR) is 374 cm³/mol. The topological polar surface area (TPSA) is 290 Å². The Bertz CT molecular complexity index is 5190. The summed E-state index contributed by atoms with van der Waals surface area (Å²) < 4.78 is 87.9. The maximum absolute atomic E-state index is 12.6. The Labute approximate surface area is 588 Å². The van der Waals surface area contributed by atoms with Gasteiger partial charge in [-0.3, -0.25) is 0 Å². The smallest absolute Gasteiger partial charge is 0.419 e. The second-order valence-electron chi connectivity index (χ2n) is 22.3. The van der Waals surface area contributed by atoms with E-state index in [9.17, 15) is 45.5 Å². The number of hydrogen-bond acceptors (Lipinski definition) is 16. The monoisotopic (exact) mass is 1480 g/mol. The van der Waals surface area contributed by atoms with Crippen LogP contribution in [0.25, 0.3) is 67.1 Å². The Morgan fingerprint density at radius 1 is 0.422 bits per heavy atom. The Balaban J connectivity index is 0.000000151. The number of aryl methyl sites for hydroxylation is 4. The van der Waals surface area contributed by atoms with Gasteiger partial charge in [0.1, 0.15) is 6.61 Å². The highest BCUT2D eigenvalue weighted by Gasteiger charge is 2.32. The van der Waals surface area contributed by atoms with Crippen molar-refractivity contribution >= 4 is 50.1 Å². The number of nitrogens with zero attached hydrogens (tertiary/aromatic N) is 15. The van der Waals surface area contributed by atoms with Crippen LogP contribution in [0.2, 0.25) is 5.28 Å². The molecule has 0 bridgehead atoms. The van der Waals surface area contributed by atoms with Gasteiger partial charge in [0, 0.05) is 54.9 Å². The number of hydrogen-bond donors (Lipinski definition) is 4. The molecule has 14 rings (SSSR count). The molecule has 0 radical (unpaired) electrons. The van der Waals surface area contributed by atoms with Crippen molar-refractivity contribution in [3.05, 3.63) is 276 Å². The van der Waals surface area contributed by atoms with Crippen LogP contribution in [-0.2, 0) is 32.0 Å². The van der Waals surface area contributed by atoms with E-state index in [1.165, 1.54) is 48.3 Å². The number of alkyl halides is 7. The Kier molecular flexibility index (Phi) is 25.1. The second-order valence-corrected chi connectivity index (χ2v) is 23.4. The molecule has 32 heteroatoms. The summed E-state index contributed by atoms with van der Waals surface area (Å²) in [5.41, 5.74) is 12.1. The van der Waals surface area contributed by atoms with E-state index in [1.54, 1.807) is 30.9 Å². The first-order chi connectivity index (χ1) is 48.8. The molecule has 24 nitrogen and oxygen atoms in total. The Morgan fingerprint density at radius 2 is 0.716 bits per heavy atom. The number of nitrogens with one attached hydrogen (secondary N) is 1. The number of halogens is 8. The van der Waals surface area contributed by atoms with Gasteiger partial charge in [-0.2, -0.15) is 31.4 Å². The molecule has 0 amide bonds. The van der Waals surface area contributed by atoms with Crippen LogP contribution in [0.5, 0.6) is 6.01 Å². The molecule has 4 aromatic carbocycles. The molecule has 14 aromatic rings. The van der Waals surface area contributed by atoms with E-state index in [0.29, 0.717) is 52.7 Å². The largest absolute Gasteiger partial charge is 0.461 e. The van der Waals surface area contributed by atoms with Gasteiger partial charge >= 0.3 is 41.1 Å². The fraction of sp³-hybridized carbons (Fsp3) is 0.200. The zero-order valence-electron chi connectivity index (χ0n) is 54.7. The molecular formula is C70H64BrClF6N16O8. The van der Waals surface area contributed by atoms with Crippen molar-refractivity contribution < 1.29 is 46.4 Å². The third-order valence-electron chi connectivity index (χ3n) is 14.8. The van der Waals surface area contributed by atoms with Crippen LogP contribution in [0.3, 0.4) is 0 Å². The van der Waals surface area contributed by atoms with Crippen LogP contribution in [-0.4, -0.2) is 124 Å². The first-order valence-electron chi connectivity index (χ1n) is 30.9. The van der Waals surface area contributed by atoms with Crippen molar-refractivity contribution in [2.45, 2.75) is 59.7 Å². The molecule has 0 aliphatic rings. The first kappa shape index (κ1) is 75.0. The average molecular weight is 1490 g/mol. The number of aromatic amines is 1. The normalized spacial score (nSPS) is 11.2. The number of pyridine rings is 4. The molecule has 0 atom stereocenters. The van der Waals surface area contributed by atoms with Gasteiger partial charge < -0.3 is 20.1 Å². The molecule has 4 N–H and O–H groups in total. The molecule has 0 aliphatic heterocycles. The van der Waals surface area contributed by atoms with Crippen LogP contribution in [0.4, 0.5) is 26.3 Å². The van der Waals surface area contributed by atoms with E-state index in [-0.39, 0.29) is 80.1 Å². The number of aromatic nitrogens is 16. The molecule has 0 unspecified atom stereocenters. The van der Waals surface area contributed by atoms with Gasteiger partial charge in [-0.05, 0) is 132 Å². The lowest BCUT2D eigenvalue weighted by atomic mass is 10.1. The molecule has 528 valence electrons. The van der Waals surface area contributed by atoms with Crippen molar-refractivity contribution in [1.29, 1.82) is 0 Å². The highest BCUT2D eigenvalue weighted by Crippen LogP contribution is 2.30. The lowest BCUT2D eigenvalue weighted by molar-refractivity contribution is -0.139. The summed E-state index contributed by atoms with van der Waals surface area (Å²) in [6.07, 6.45) is 0.719. The minimum atomic E-state index is -4.51. The summed E-state index contributed by atoms with van der Waals surface area (Å²) in [5, 5.41) is 45.0. The van der Waals surface area contributed by atoms with Crippen LogP contribution >= 0.6 is 27.5 Å². The van der Waals surface area contributed by atoms with Crippen LogP contribution in [0.1, 0.15) is 33.4 Å². The van der Waals surface area contributed by atoms with Gasteiger partial charge in [0.15, 0.2) is 22.6 Å². The Morgan fingerprint density at radius 3 is 1.03 bits per heavy atom. The molecular weight excluding hydrogens is 1420 g/mol. The zero-order chi connectivity index (χ0) is 73.3. The molecule has 10 heterocycles. The fourth-order valence-corrected chi connectivity index (χ4v) is 9.57. The van der Waals surface area contributed by atoms with Crippen molar-refractivity contribution in [1.82, 2.24) is 77.1 Å². The van der Waals surface area contributed by atoms with E-state index in [1.807, 2.05) is 155 Å². The number of H-pyrrole nitrogens is 1. The molecule has 0 fully saturated rings. The molecule has 0 saturated carbocycles. The third-order valence-corrected chi connectivity index (χ3v) is 15.4. The van der Waals surface area contributed by atoms with Crippen molar-refractivity contribution in [3.8, 4) is 50.5 Å². The minimum Gasteiger partial charge on any atom is -0.461 e.